The monoisotopic (exact) mass is 479 g/mol. The normalized spacial score (nSPS) is 10.7. The second kappa shape index (κ2) is 12.3. The molecule has 0 saturated carbocycles. The molecule has 6 nitrogen and oxygen atoms in total. The number of rotatable bonds is 10. The van der Waals surface area contributed by atoms with E-state index in [4.69, 9.17) is 4.74 Å². The van der Waals surface area contributed by atoms with E-state index in [1.807, 2.05) is 67.3 Å². The van der Waals surface area contributed by atoms with Crippen LogP contribution >= 0.6 is 11.3 Å². The van der Waals surface area contributed by atoms with Crippen LogP contribution in [0.15, 0.2) is 60.7 Å². The molecule has 34 heavy (non-hydrogen) atoms. The van der Waals surface area contributed by atoms with Crippen molar-refractivity contribution in [1.82, 2.24) is 9.80 Å². The Bertz CT molecular complexity index is 1100. The number of aryl methyl sites for hydroxylation is 3. The fraction of sp³-hybridized carbons (Fsp3) is 0.333. The minimum atomic E-state index is -0.316. The molecule has 3 amide bonds. The number of hydrogen-bond acceptors (Lipinski definition) is 4. The van der Waals surface area contributed by atoms with E-state index in [2.05, 4.69) is 24.4 Å². The molecule has 1 N–H and O–H groups in total. The molecule has 0 radical (unpaired) electrons. The van der Waals surface area contributed by atoms with Gasteiger partial charge in [0, 0.05) is 35.6 Å². The molecular formula is C27H33N3O3S. The molecule has 0 bridgehead atoms. The first-order valence-corrected chi connectivity index (χ1v) is 12.2. The summed E-state index contributed by atoms with van der Waals surface area (Å²) < 4.78 is 5.20. The number of benzene rings is 2. The molecule has 0 fully saturated rings. The number of thiophene rings is 1. The van der Waals surface area contributed by atoms with Crippen molar-refractivity contribution in [2.75, 3.05) is 32.1 Å². The zero-order valence-corrected chi connectivity index (χ0v) is 21.2. The van der Waals surface area contributed by atoms with Crippen LogP contribution in [0, 0.1) is 20.8 Å². The lowest BCUT2D eigenvalue weighted by molar-refractivity contribution is -0.133. The Morgan fingerprint density at radius 2 is 1.71 bits per heavy atom. The first kappa shape index (κ1) is 25.5. The summed E-state index contributed by atoms with van der Waals surface area (Å²) in [5.74, 6) is -0.109. The number of methoxy groups -OCH3 is 1. The van der Waals surface area contributed by atoms with Gasteiger partial charge in [-0.15, -0.1) is 11.3 Å². The van der Waals surface area contributed by atoms with Crippen LogP contribution in [0.3, 0.4) is 0 Å². The molecule has 7 heteroatoms. The van der Waals surface area contributed by atoms with Crippen LogP contribution < -0.4 is 5.32 Å². The minimum absolute atomic E-state index is 0.0305. The number of amides is 3. The van der Waals surface area contributed by atoms with Gasteiger partial charge in [-0.25, -0.2) is 4.79 Å². The maximum absolute atomic E-state index is 13.5. The average molecular weight is 480 g/mol. The van der Waals surface area contributed by atoms with Crippen LogP contribution in [0.1, 0.15) is 26.4 Å². The Morgan fingerprint density at radius 3 is 2.35 bits per heavy atom. The molecule has 1 aromatic heterocycles. The Hall–Kier alpha value is -3.16. The smallest absolute Gasteiger partial charge is 0.322 e. The molecule has 3 rings (SSSR count). The van der Waals surface area contributed by atoms with E-state index < -0.39 is 0 Å². The molecule has 0 atom stereocenters. The van der Waals surface area contributed by atoms with Crippen molar-refractivity contribution in [2.24, 2.45) is 0 Å². The van der Waals surface area contributed by atoms with Gasteiger partial charge in [-0.2, -0.15) is 0 Å². The largest absolute Gasteiger partial charge is 0.383 e. The van der Waals surface area contributed by atoms with Crippen molar-refractivity contribution < 1.29 is 14.3 Å². The summed E-state index contributed by atoms with van der Waals surface area (Å²) in [5, 5.41) is 2.96. The summed E-state index contributed by atoms with van der Waals surface area (Å²) in [6.45, 7) is 7.64. The Balaban J connectivity index is 1.76. The van der Waals surface area contributed by atoms with E-state index in [1.165, 1.54) is 9.78 Å². The average Bonchev–Trinajstić information content (AvgIpc) is 3.23. The van der Waals surface area contributed by atoms with E-state index in [9.17, 15) is 9.59 Å². The topological polar surface area (TPSA) is 61.9 Å². The minimum Gasteiger partial charge on any atom is -0.383 e. The highest BCUT2D eigenvalue weighted by atomic mass is 32.1. The third-order valence-corrected chi connectivity index (χ3v) is 6.50. The Morgan fingerprint density at radius 1 is 0.941 bits per heavy atom. The summed E-state index contributed by atoms with van der Waals surface area (Å²) in [5.41, 5.74) is 3.89. The zero-order chi connectivity index (χ0) is 24.5. The highest BCUT2D eigenvalue weighted by Crippen LogP contribution is 2.20. The number of nitrogens with zero attached hydrogens (tertiary/aromatic N) is 2. The van der Waals surface area contributed by atoms with Crippen LogP contribution in [0.2, 0.25) is 0 Å². The lowest BCUT2D eigenvalue weighted by Gasteiger charge is -2.28. The van der Waals surface area contributed by atoms with Crippen molar-refractivity contribution in [3.63, 3.8) is 0 Å². The molecule has 0 aliphatic rings. The third kappa shape index (κ3) is 7.43. The van der Waals surface area contributed by atoms with Gasteiger partial charge in [0.25, 0.3) is 0 Å². The zero-order valence-electron chi connectivity index (χ0n) is 20.3. The molecule has 0 saturated heterocycles. The predicted octanol–water partition coefficient (Wildman–Crippen LogP) is 5.38. The summed E-state index contributed by atoms with van der Waals surface area (Å²) >= 11 is 1.68. The van der Waals surface area contributed by atoms with Gasteiger partial charge in [0.05, 0.1) is 13.2 Å². The summed E-state index contributed by atoms with van der Waals surface area (Å²) in [6, 6.07) is 19.6. The van der Waals surface area contributed by atoms with E-state index in [1.54, 1.807) is 18.4 Å². The SMILES string of the molecule is COCCN(CC(=O)N(Cc1ccccc1)Cc1ccc(C)s1)C(=O)Nc1ccc(C)cc1C. The van der Waals surface area contributed by atoms with Crippen molar-refractivity contribution in [3.8, 4) is 0 Å². The summed E-state index contributed by atoms with van der Waals surface area (Å²) in [4.78, 5) is 32.2. The van der Waals surface area contributed by atoms with Crippen LogP contribution in [0.5, 0.6) is 0 Å². The molecule has 0 aliphatic heterocycles. The van der Waals surface area contributed by atoms with E-state index in [0.29, 0.717) is 26.2 Å². The van der Waals surface area contributed by atoms with Crippen molar-refractivity contribution in [3.05, 3.63) is 87.1 Å². The molecular weight excluding hydrogens is 446 g/mol. The lowest BCUT2D eigenvalue weighted by Crippen LogP contribution is -2.45. The molecule has 0 unspecified atom stereocenters. The Kier molecular flexibility index (Phi) is 9.24. The summed E-state index contributed by atoms with van der Waals surface area (Å²) in [7, 11) is 1.59. The molecule has 0 spiro atoms. The number of ether oxygens (including phenoxy) is 1. The standard InChI is InChI=1S/C27H33N3O3S/c1-20-10-13-25(21(2)16-20)28-27(32)29(14-15-33-4)19-26(31)30(17-23-8-6-5-7-9-23)18-24-12-11-22(3)34-24/h5-13,16H,14-15,17-19H2,1-4H3,(H,28,32). The summed E-state index contributed by atoms with van der Waals surface area (Å²) in [6.07, 6.45) is 0. The number of carbonyl (C=O) groups excluding carboxylic acids is 2. The fourth-order valence-electron chi connectivity index (χ4n) is 3.66. The van der Waals surface area contributed by atoms with Crippen molar-refractivity contribution >= 4 is 29.0 Å². The maximum atomic E-state index is 13.5. The number of carbonyl (C=O) groups is 2. The number of anilines is 1. The van der Waals surface area contributed by atoms with Crippen LogP contribution in [0.4, 0.5) is 10.5 Å². The van der Waals surface area contributed by atoms with Gasteiger partial charge in [0.2, 0.25) is 5.91 Å². The van der Waals surface area contributed by atoms with E-state index >= 15 is 0 Å². The second-order valence-electron chi connectivity index (χ2n) is 8.41. The lowest BCUT2D eigenvalue weighted by atomic mass is 10.1. The molecule has 3 aromatic rings. The molecule has 2 aromatic carbocycles. The van der Waals surface area contributed by atoms with E-state index in [-0.39, 0.29) is 18.5 Å². The van der Waals surface area contributed by atoms with Gasteiger partial charge in [0.15, 0.2) is 0 Å². The van der Waals surface area contributed by atoms with Gasteiger partial charge >= 0.3 is 6.03 Å². The maximum Gasteiger partial charge on any atom is 0.322 e. The van der Waals surface area contributed by atoms with Crippen LogP contribution in [-0.4, -0.2) is 48.5 Å². The van der Waals surface area contributed by atoms with Crippen molar-refractivity contribution in [2.45, 2.75) is 33.9 Å². The van der Waals surface area contributed by atoms with Gasteiger partial charge in [-0.05, 0) is 50.1 Å². The van der Waals surface area contributed by atoms with Crippen LogP contribution in [0.25, 0.3) is 0 Å². The van der Waals surface area contributed by atoms with Crippen molar-refractivity contribution in [1.29, 1.82) is 0 Å². The van der Waals surface area contributed by atoms with E-state index in [0.717, 1.165) is 27.3 Å². The number of hydrogen-bond donors (Lipinski definition) is 1. The van der Waals surface area contributed by atoms with Gasteiger partial charge < -0.3 is 19.9 Å². The molecule has 180 valence electrons. The highest BCUT2D eigenvalue weighted by molar-refractivity contribution is 7.11. The van der Waals surface area contributed by atoms with Gasteiger partial charge in [-0.1, -0.05) is 48.0 Å². The van der Waals surface area contributed by atoms with Gasteiger partial charge in [0.1, 0.15) is 6.54 Å². The Labute approximate surface area is 206 Å². The number of urea groups is 1. The predicted molar refractivity (Wildman–Crippen MR) is 138 cm³/mol. The number of nitrogens with one attached hydrogen (secondary N) is 1. The first-order valence-electron chi connectivity index (χ1n) is 11.3. The highest BCUT2D eigenvalue weighted by Gasteiger charge is 2.22. The van der Waals surface area contributed by atoms with Gasteiger partial charge in [-0.3, -0.25) is 4.79 Å². The molecule has 0 aliphatic carbocycles. The quantitative estimate of drug-likeness (QED) is 0.425. The second-order valence-corrected chi connectivity index (χ2v) is 9.78. The molecule has 1 heterocycles. The first-order chi connectivity index (χ1) is 16.4. The fourth-order valence-corrected chi connectivity index (χ4v) is 4.57. The third-order valence-electron chi connectivity index (χ3n) is 5.51. The van der Waals surface area contributed by atoms with Crippen LogP contribution in [-0.2, 0) is 22.6 Å².